The van der Waals surface area contributed by atoms with Crippen LogP contribution in [0.1, 0.15) is 5.56 Å². The van der Waals surface area contributed by atoms with E-state index in [2.05, 4.69) is 26.9 Å². The Morgan fingerprint density at radius 3 is 2.82 bits per heavy atom. The van der Waals surface area contributed by atoms with Crippen molar-refractivity contribution in [2.45, 2.75) is 0 Å². The topological polar surface area (TPSA) is 43.6 Å². The summed E-state index contributed by atoms with van der Waals surface area (Å²) in [6, 6.07) is 12.8. The zero-order valence-corrected chi connectivity index (χ0v) is 8.91. The third-order valence-electron chi connectivity index (χ3n) is 2.31. The fourth-order valence-electron chi connectivity index (χ4n) is 1.50. The number of imidazole rings is 1. The van der Waals surface area contributed by atoms with Gasteiger partial charge in [-0.2, -0.15) is 0 Å². The van der Waals surface area contributed by atoms with Crippen molar-refractivity contribution < 1.29 is 0 Å². The van der Waals surface area contributed by atoms with E-state index in [1.165, 1.54) is 6.33 Å². The van der Waals surface area contributed by atoms with Crippen LogP contribution >= 0.6 is 0 Å². The molecule has 3 aromatic rings. The van der Waals surface area contributed by atoms with Crippen molar-refractivity contribution in [2.24, 2.45) is 0 Å². The Bertz CT molecular complexity index is 704. The van der Waals surface area contributed by atoms with Gasteiger partial charge in [0, 0.05) is 11.6 Å². The summed E-state index contributed by atoms with van der Waals surface area (Å²) in [5.41, 5.74) is 2.43. The van der Waals surface area contributed by atoms with Gasteiger partial charge >= 0.3 is 0 Å². The van der Waals surface area contributed by atoms with Crippen molar-refractivity contribution in [1.82, 2.24) is 19.5 Å². The highest BCUT2D eigenvalue weighted by Crippen LogP contribution is 2.05. The molecule has 2 aromatic heterocycles. The highest BCUT2D eigenvalue weighted by atomic mass is 15.1. The minimum absolute atomic E-state index is 0.725. The lowest BCUT2D eigenvalue weighted by molar-refractivity contribution is 1.10. The molecule has 0 bridgehead atoms. The van der Waals surface area contributed by atoms with Crippen LogP contribution in [0.25, 0.3) is 11.2 Å². The van der Waals surface area contributed by atoms with Crippen molar-refractivity contribution in [3.63, 3.8) is 0 Å². The number of benzene rings is 1. The summed E-state index contributed by atoms with van der Waals surface area (Å²) in [5, 5.41) is 0. The SMILES string of the molecule is C(#Cn1cnc2cncnc21)c1ccccc1. The average molecular weight is 220 g/mol. The van der Waals surface area contributed by atoms with Crippen LogP contribution in [0.4, 0.5) is 0 Å². The van der Waals surface area contributed by atoms with Crippen LogP contribution in [0.15, 0.2) is 49.2 Å². The van der Waals surface area contributed by atoms with Crippen LogP contribution in [0.5, 0.6) is 0 Å². The Labute approximate surface area is 98.0 Å². The lowest BCUT2D eigenvalue weighted by atomic mass is 10.2. The first-order valence-corrected chi connectivity index (χ1v) is 5.13. The van der Waals surface area contributed by atoms with Gasteiger partial charge in [-0.1, -0.05) is 18.2 Å². The molecule has 0 saturated carbocycles. The Hall–Kier alpha value is -2.67. The number of hydrogen-bond donors (Lipinski definition) is 0. The smallest absolute Gasteiger partial charge is 0.175 e. The molecule has 2 heterocycles. The summed E-state index contributed by atoms with van der Waals surface area (Å²) < 4.78 is 1.70. The molecule has 80 valence electrons. The standard InChI is InChI=1S/C13H8N4/c1-2-4-11(5-3-1)6-7-17-10-16-12-8-14-9-15-13(12)17/h1-5,8-10H. The number of hydrogen-bond acceptors (Lipinski definition) is 3. The van der Waals surface area contributed by atoms with Gasteiger partial charge in [0.25, 0.3) is 0 Å². The molecule has 17 heavy (non-hydrogen) atoms. The lowest BCUT2D eigenvalue weighted by Gasteiger charge is -1.90. The van der Waals surface area contributed by atoms with E-state index < -0.39 is 0 Å². The largest absolute Gasteiger partial charge is 0.242 e. The van der Waals surface area contributed by atoms with Gasteiger partial charge in [-0.05, 0) is 18.1 Å². The molecule has 0 aliphatic carbocycles. The molecule has 0 atom stereocenters. The third-order valence-corrected chi connectivity index (χ3v) is 2.31. The minimum atomic E-state index is 0.725. The first-order valence-electron chi connectivity index (χ1n) is 5.13. The van der Waals surface area contributed by atoms with Crippen molar-refractivity contribution in [3.05, 3.63) is 54.7 Å². The highest BCUT2D eigenvalue weighted by molar-refractivity contribution is 5.70. The van der Waals surface area contributed by atoms with Crippen LogP contribution in [-0.2, 0) is 0 Å². The van der Waals surface area contributed by atoms with Gasteiger partial charge in [-0.15, -0.1) is 0 Å². The molecule has 0 N–H and O–H groups in total. The summed E-state index contributed by atoms with van der Waals surface area (Å²) in [6.07, 6.45) is 4.81. The van der Waals surface area contributed by atoms with E-state index in [4.69, 9.17) is 0 Å². The third kappa shape index (κ3) is 1.86. The number of aromatic nitrogens is 4. The maximum absolute atomic E-state index is 4.17. The quantitative estimate of drug-likeness (QED) is 0.541. The zero-order chi connectivity index (χ0) is 11.5. The van der Waals surface area contributed by atoms with Crippen molar-refractivity contribution >= 4 is 11.2 Å². The first-order chi connectivity index (χ1) is 8.43. The molecule has 0 spiro atoms. The fraction of sp³-hybridized carbons (Fsp3) is 0. The Morgan fingerprint density at radius 1 is 1.06 bits per heavy atom. The van der Waals surface area contributed by atoms with Gasteiger partial charge in [-0.3, -0.25) is 0 Å². The molecule has 4 nitrogen and oxygen atoms in total. The van der Waals surface area contributed by atoms with Crippen LogP contribution < -0.4 is 0 Å². The summed E-state index contributed by atoms with van der Waals surface area (Å²) in [6.45, 7) is 0. The predicted octanol–water partition coefficient (Wildman–Crippen LogP) is 1.68. The Kier molecular flexibility index (Phi) is 2.28. The van der Waals surface area contributed by atoms with Crippen molar-refractivity contribution in [2.75, 3.05) is 0 Å². The lowest BCUT2D eigenvalue weighted by Crippen LogP contribution is -1.89. The average Bonchev–Trinajstić information content (AvgIpc) is 2.81. The van der Waals surface area contributed by atoms with Gasteiger partial charge in [0.05, 0.1) is 6.20 Å². The highest BCUT2D eigenvalue weighted by Gasteiger charge is 1.99. The second-order valence-corrected chi connectivity index (χ2v) is 3.45. The monoisotopic (exact) mass is 220 g/mol. The normalized spacial score (nSPS) is 9.88. The van der Waals surface area contributed by atoms with Gasteiger partial charge in [0.1, 0.15) is 18.2 Å². The van der Waals surface area contributed by atoms with E-state index in [1.54, 1.807) is 17.1 Å². The van der Waals surface area contributed by atoms with Crippen LogP contribution in [0.2, 0.25) is 0 Å². The van der Waals surface area contributed by atoms with Crippen LogP contribution in [-0.4, -0.2) is 19.5 Å². The van der Waals surface area contributed by atoms with Gasteiger partial charge in [0.2, 0.25) is 0 Å². The maximum atomic E-state index is 4.17. The molecule has 0 aliphatic heterocycles. The van der Waals surface area contributed by atoms with E-state index in [-0.39, 0.29) is 0 Å². The van der Waals surface area contributed by atoms with Crippen molar-refractivity contribution in [1.29, 1.82) is 0 Å². The van der Waals surface area contributed by atoms with E-state index in [1.807, 2.05) is 30.3 Å². The molecule has 0 unspecified atom stereocenters. The van der Waals surface area contributed by atoms with E-state index in [0.717, 1.165) is 16.7 Å². The van der Waals surface area contributed by atoms with E-state index in [0.29, 0.717) is 0 Å². The molecule has 3 rings (SSSR count). The molecule has 0 aliphatic rings. The second kappa shape index (κ2) is 4.06. The molecular weight excluding hydrogens is 212 g/mol. The summed E-state index contributed by atoms with van der Waals surface area (Å²) in [5.74, 6) is 3.05. The summed E-state index contributed by atoms with van der Waals surface area (Å²) in [4.78, 5) is 12.2. The zero-order valence-electron chi connectivity index (χ0n) is 8.91. The molecule has 1 aromatic carbocycles. The second-order valence-electron chi connectivity index (χ2n) is 3.45. The Balaban J connectivity index is 2.04. The molecular formula is C13H8N4. The number of nitrogens with zero attached hydrogens (tertiary/aromatic N) is 4. The summed E-state index contributed by atoms with van der Waals surface area (Å²) in [7, 11) is 0. The van der Waals surface area contributed by atoms with Crippen LogP contribution in [0.3, 0.4) is 0 Å². The maximum Gasteiger partial charge on any atom is 0.175 e. The van der Waals surface area contributed by atoms with E-state index in [9.17, 15) is 0 Å². The molecule has 0 radical (unpaired) electrons. The first kappa shape index (κ1) is 9.55. The molecule has 0 saturated heterocycles. The van der Waals surface area contributed by atoms with Gasteiger partial charge in [-0.25, -0.2) is 19.5 Å². The number of fused-ring (bicyclic) bond motifs is 1. The van der Waals surface area contributed by atoms with Gasteiger partial charge < -0.3 is 0 Å². The predicted molar refractivity (Wildman–Crippen MR) is 64.0 cm³/mol. The molecule has 4 heteroatoms. The van der Waals surface area contributed by atoms with Crippen molar-refractivity contribution in [3.8, 4) is 12.0 Å². The summed E-state index contributed by atoms with van der Waals surface area (Å²) >= 11 is 0. The molecule has 0 amide bonds. The number of rotatable bonds is 0. The minimum Gasteiger partial charge on any atom is -0.242 e. The molecule has 0 fully saturated rings. The fourth-order valence-corrected chi connectivity index (χ4v) is 1.50. The Morgan fingerprint density at radius 2 is 1.94 bits per heavy atom. The van der Waals surface area contributed by atoms with E-state index >= 15 is 0 Å². The van der Waals surface area contributed by atoms with Gasteiger partial charge in [0.15, 0.2) is 5.65 Å². The van der Waals surface area contributed by atoms with Crippen LogP contribution in [0, 0.1) is 12.0 Å².